The first kappa shape index (κ1) is 25.3. The normalized spacial score (nSPS) is 31.7. The molecule has 8 nitrogen and oxygen atoms in total. The van der Waals surface area contributed by atoms with Crippen molar-refractivity contribution in [1.82, 2.24) is 4.90 Å². The molecule has 0 spiro atoms. The average Bonchev–Trinajstić information content (AvgIpc) is 3.29. The van der Waals surface area contributed by atoms with E-state index in [4.69, 9.17) is 4.74 Å². The molecule has 6 atom stereocenters. The van der Waals surface area contributed by atoms with Crippen molar-refractivity contribution in [2.45, 2.75) is 39.0 Å². The third-order valence-corrected chi connectivity index (χ3v) is 9.38. The number of carbonyl (C=O) groups is 4. The number of nitrogens with zero attached hydrogens (tertiary/aromatic N) is 2. The van der Waals surface area contributed by atoms with Crippen LogP contribution >= 0.6 is 0 Å². The number of likely N-dealkylation sites (tertiary alicyclic amines) is 1. The van der Waals surface area contributed by atoms with Crippen LogP contribution in [-0.2, 0) is 19.2 Å². The van der Waals surface area contributed by atoms with Crippen LogP contribution in [0.1, 0.15) is 44.6 Å². The first-order chi connectivity index (χ1) is 18.7. The van der Waals surface area contributed by atoms with Crippen LogP contribution in [0.2, 0.25) is 0 Å². The number of methoxy groups -OCH3 is 1. The minimum Gasteiger partial charge on any atom is -0.508 e. The second kappa shape index (κ2) is 9.07. The van der Waals surface area contributed by atoms with Gasteiger partial charge in [-0.05, 0) is 56.4 Å². The van der Waals surface area contributed by atoms with Crippen LogP contribution in [0.5, 0.6) is 11.5 Å². The number of benzene rings is 2. The van der Waals surface area contributed by atoms with Gasteiger partial charge < -0.3 is 9.84 Å². The van der Waals surface area contributed by atoms with Crippen LogP contribution in [0.15, 0.2) is 60.2 Å². The third kappa shape index (κ3) is 3.36. The summed E-state index contributed by atoms with van der Waals surface area (Å²) in [5.41, 5.74) is 0.510. The largest absolute Gasteiger partial charge is 0.508 e. The second-order valence-corrected chi connectivity index (χ2v) is 11.2. The van der Waals surface area contributed by atoms with Crippen molar-refractivity contribution in [2.75, 3.05) is 18.6 Å². The Bertz CT molecular complexity index is 1420. The fraction of sp³-hybridized carbons (Fsp3) is 0.419. The van der Waals surface area contributed by atoms with Crippen molar-refractivity contribution in [2.24, 2.45) is 29.1 Å². The smallest absolute Gasteiger partial charge is 0.241 e. The van der Waals surface area contributed by atoms with Gasteiger partial charge >= 0.3 is 0 Å². The summed E-state index contributed by atoms with van der Waals surface area (Å²) >= 11 is 0. The number of para-hydroxylation sites is 1. The molecule has 0 radical (unpaired) electrons. The number of phenols is 1. The monoisotopic (exact) mass is 528 g/mol. The van der Waals surface area contributed by atoms with Crippen molar-refractivity contribution >= 4 is 29.3 Å². The van der Waals surface area contributed by atoms with E-state index in [0.717, 1.165) is 5.57 Å². The van der Waals surface area contributed by atoms with Gasteiger partial charge in [-0.1, -0.05) is 42.8 Å². The molecule has 39 heavy (non-hydrogen) atoms. The molecule has 2 aliphatic heterocycles. The van der Waals surface area contributed by atoms with E-state index in [-0.39, 0.29) is 35.8 Å². The number of carbonyl (C=O) groups excluding carboxylic acids is 4. The summed E-state index contributed by atoms with van der Waals surface area (Å²) < 4.78 is 5.67. The molecule has 8 heteroatoms. The Morgan fingerprint density at radius 3 is 2.41 bits per heavy atom. The van der Waals surface area contributed by atoms with Gasteiger partial charge in [0.1, 0.15) is 11.5 Å². The van der Waals surface area contributed by atoms with Crippen LogP contribution in [-0.4, -0.2) is 47.3 Å². The number of fused-ring (bicyclic) bond motifs is 4. The van der Waals surface area contributed by atoms with Crippen molar-refractivity contribution in [1.29, 1.82) is 0 Å². The lowest BCUT2D eigenvalue weighted by molar-refractivity contribution is -0.140. The zero-order chi connectivity index (χ0) is 27.6. The molecule has 0 aromatic heterocycles. The lowest BCUT2D eigenvalue weighted by Crippen LogP contribution is -2.49. The number of imide groups is 2. The van der Waals surface area contributed by atoms with Crippen molar-refractivity contribution in [3.05, 3.63) is 65.7 Å². The Morgan fingerprint density at radius 1 is 0.974 bits per heavy atom. The fourth-order valence-corrected chi connectivity index (χ4v) is 7.66. The van der Waals surface area contributed by atoms with E-state index in [1.165, 1.54) is 16.9 Å². The molecular formula is C31H32N2O6. The highest BCUT2D eigenvalue weighted by atomic mass is 16.5. The fourth-order valence-electron chi connectivity index (χ4n) is 7.66. The Labute approximate surface area is 227 Å². The van der Waals surface area contributed by atoms with Crippen LogP contribution in [0.3, 0.4) is 0 Å². The number of rotatable bonds is 5. The predicted molar refractivity (Wildman–Crippen MR) is 143 cm³/mol. The molecule has 3 fully saturated rings. The van der Waals surface area contributed by atoms with E-state index in [1.807, 2.05) is 19.1 Å². The zero-order valence-corrected chi connectivity index (χ0v) is 22.3. The van der Waals surface area contributed by atoms with Crippen molar-refractivity contribution < 1.29 is 29.0 Å². The van der Waals surface area contributed by atoms with E-state index in [2.05, 4.69) is 0 Å². The molecule has 2 aromatic carbocycles. The molecule has 2 aliphatic carbocycles. The topological polar surface area (TPSA) is 104 Å². The summed E-state index contributed by atoms with van der Waals surface area (Å²) in [5.74, 6) is -3.62. The number of anilines is 1. The molecule has 0 bridgehead atoms. The summed E-state index contributed by atoms with van der Waals surface area (Å²) in [4.78, 5) is 58.0. The number of aromatic hydroxyl groups is 1. The molecule has 2 heterocycles. The number of amides is 4. The molecule has 1 saturated carbocycles. The van der Waals surface area contributed by atoms with Crippen LogP contribution < -0.4 is 9.64 Å². The Kier molecular flexibility index (Phi) is 5.90. The summed E-state index contributed by atoms with van der Waals surface area (Å²) in [6.07, 6.45) is 3.30. The molecule has 6 rings (SSSR count). The van der Waals surface area contributed by atoms with Gasteiger partial charge in [-0.3, -0.25) is 24.1 Å². The van der Waals surface area contributed by atoms with E-state index in [9.17, 15) is 24.3 Å². The van der Waals surface area contributed by atoms with Crippen molar-refractivity contribution in [3.63, 3.8) is 0 Å². The summed E-state index contributed by atoms with van der Waals surface area (Å²) in [6.45, 7) is 4.09. The molecular weight excluding hydrogens is 496 g/mol. The summed E-state index contributed by atoms with van der Waals surface area (Å²) in [5, 5.41) is 11.2. The highest BCUT2D eigenvalue weighted by Gasteiger charge is 2.68. The van der Waals surface area contributed by atoms with Gasteiger partial charge in [0.15, 0.2) is 0 Å². The maximum Gasteiger partial charge on any atom is 0.241 e. The molecule has 4 aliphatic rings. The predicted octanol–water partition coefficient (Wildman–Crippen LogP) is 4.04. The Balaban J connectivity index is 1.56. The zero-order valence-electron chi connectivity index (χ0n) is 22.3. The average molecular weight is 529 g/mol. The van der Waals surface area contributed by atoms with Gasteiger partial charge in [0.05, 0.1) is 36.0 Å². The van der Waals surface area contributed by atoms with Gasteiger partial charge in [0.25, 0.3) is 0 Å². The first-order valence-corrected chi connectivity index (χ1v) is 13.6. The Hall–Kier alpha value is -3.94. The second-order valence-electron chi connectivity index (χ2n) is 11.2. The standard InChI is InChI=1S/C31H32N2O6/c1-4-15-32-27(35)19-14-13-18-20(24(19)29(32)37)16-21-28(36)33(17-9-6-5-7-10-17)30(38)31(21,2)26(18)25-22(34)11-8-12-23(25)39-3/h5-13,19-21,24,26,34H,4,14-16H2,1-3H3. The van der Waals surface area contributed by atoms with Crippen molar-refractivity contribution in [3.8, 4) is 11.5 Å². The maximum atomic E-state index is 14.3. The molecule has 1 N–H and O–H groups in total. The quantitative estimate of drug-likeness (QED) is 0.464. The highest BCUT2D eigenvalue weighted by molar-refractivity contribution is 6.24. The van der Waals surface area contributed by atoms with E-state index in [0.29, 0.717) is 36.4 Å². The molecule has 4 amide bonds. The first-order valence-electron chi connectivity index (χ1n) is 13.6. The van der Waals surface area contributed by atoms with Gasteiger partial charge in [-0.2, -0.15) is 0 Å². The number of phenolic OH excluding ortho intramolecular Hbond substituents is 1. The van der Waals surface area contributed by atoms with Crippen LogP contribution in [0, 0.1) is 29.1 Å². The minimum absolute atomic E-state index is 0.0390. The molecule has 6 unspecified atom stereocenters. The summed E-state index contributed by atoms with van der Waals surface area (Å²) in [7, 11) is 1.50. The van der Waals surface area contributed by atoms with Gasteiger partial charge in [-0.25, -0.2) is 4.90 Å². The number of ether oxygens (including phenoxy) is 1. The third-order valence-electron chi connectivity index (χ3n) is 9.38. The Morgan fingerprint density at radius 2 is 1.72 bits per heavy atom. The highest BCUT2D eigenvalue weighted by Crippen LogP contribution is 2.65. The van der Waals surface area contributed by atoms with Crippen LogP contribution in [0.25, 0.3) is 0 Å². The lowest BCUT2D eigenvalue weighted by atomic mass is 9.51. The number of hydrogen-bond acceptors (Lipinski definition) is 6. The van der Waals surface area contributed by atoms with Gasteiger partial charge in [-0.15, -0.1) is 0 Å². The number of hydrogen-bond donors (Lipinski definition) is 1. The van der Waals surface area contributed by atoms with E-state index >= 15 is 0 Å². The van der Waals surface area contributed by atoms with Crippen LogP contribution in [0.4, 0.5) is 5.69 Å². The van der Waals surface area contributed by atoms with E-state index in [1.54, 1.807) is 49.4 Å². The molecule has 2 aromatic rings. The molecule has 2 saturated heterocycles. The molecule has 202 valence electrons. The van der Waals surface area contributed by atoms with E-state index < -0.39 is 35.0 Å². The summed E-state index contributed by atoms with van der Waals surface area (Å²) in [6, 6.07) is 13.8. The lowest BCUT2D eigenvalue weighted by Gasteiger charge is -2.49. The maximum absolute atomic E-state index is 14.3. The van der Waals surface area contributed by atoms with Gasteiger partial charge in [0, 0.05) is 18.0 Å². The number of allylic oxidation sites excluding steroid dienone is 2. The van der Waals surface area contributed by atoms with Gasteiger partial charge in [0.2, 0.25) is 23.6 Å². The minimum atomic E-state index is -1.23. The SMILES string of the molecule is CCCN1C(=O)C2CC=C3C(CC4C(=O)N(c5ccccc5)C(=O)C4(C)C3c3c(O)cccc3OC)C2C1=O.